The van der Waals surface area contributed by atoms with Gasteiger partial charge >= 0.3 is 11.5 Å². The number of carbonyl (C=O) groups excluding carboxylic acids is 2. The number of hydrogen-bond acceptors (Lipinski definition) is 4. The van der Waals surface area contributed by atoms with Crippen LogP contribution in [0.15, 0.2) is 29.2 Å². The molecule has 0 radical (unpaired) electrons. The standard InChI is InChI=1S/C13H14F3NO3S/c1-2-20-11(18)7-8-17-12(19)9-3-5-10(6-4-9)21-13(14,15)16/h3-6H,2,7-8H2,1H3,(H,17,19). The third kappa shape index (κ3) is 7.03. The molecule has 0 heterocycles. The Balaban J connectivity index is 2.46. The molecule has 1 rings (SSSR count). The lowest BCUT2D eigenvalue weighted by Crippen LogP contribution is -2.26. The molecule has 0 fully saturated rings. The second-order valence-corrected chi connectivity index (χ2v) is 5.02. The minimum atomic E-state index is -4.36. The second-order valence-electron chi connectivity index (χ2n) is 3.88. The van der Waals surface area contributed by atoms with E-state index in [0.717, 1.165) is 0 Å². The molecule has 0 bridgehead atoms. The average molecular weight is 321 g/mol. The third-order valence-electron chi connectivity index (χ3n) is 2.27. The highest BCUT2D eigenvalue weighted by atomic mass is 32.2. The summed E-state index contributed by atoms with van der Waals surface area (Å²) in [6, 6.07) is 5.04. The van der Waals surface area contributed by atoms with Crippen LogP contribution in [0.2, 0.25) is 0 Å². The molecule has 0 saturated carbocycles. The summed E-state index contributed by atoms with van der Waals surface area (Å²) in [5, 5.41) is 2.49. The Hall–Kier alpha value is -1.70. The van der Waals surface area contributed by atoms with Gasteiger partial charge in [-0.1, -0.05) is 0 Å². The molecule has 0 aromatic heterocycles. The van der Waals surface area contributed by atoms with Crippen LogP contribution in [0.1, 0.15) is 23.7 Å². The van der Waals surface area contributed by atoms with E-state index in [1.54, 1.807) is 6.92 Å². The fourth-order valence-corrected chi connectivity index (χ4v) is 1.96. The van der Waals surface area contributed by atoms with Crippen molar-refractivity contribution in [2.45, 2.75) is 23.7 Å². The molecule has 0 atom stereocenters. The normalized spacial score (nSPS) is 11.0. The number of benzene rings is 1. The number of halogens is 3. The summed E-state index contributed by atoms with van der Waals surface area (Å²) in [6.07, 6.45) is 0.0432. The molecular formula is C13H14F3NO3S. The maximum atomic E-state index is 12.1. The molecule has 1 N–H and O–H groups in total. The topological polar surface area (TPSA) is 55.4 Å². The highest BCUT2D eigenvalue weighted by Crippen LogP contribution is 2.36. The number of nitrogens with one attached hydrogen (secondary N) is 1. The Kier molecular flexibility index (Phi) is 6.54. The number of carbonyl (C=O) groups is 2. The smallest absolute Gasteiger partial charge is 0.446 e. The summed E-state index contributed by atoms with van der Waals surface area (Å²) in [5.74, 6) is -0.877. The molecule has 0 aliphatic heterocycles. The molecule has 1 aromatic carbocycles. The van der Waals surface area contributed by atoms with E-state index in [4.69, 9.17) is 4.74 Å². The van der Waals surface area contributed by atoms with E-state index in [-0.39, 0.29) is 41.8 Å². The zero-order chi connectivity index (χ0) is 15.9. The summed E-state index contributed by atoms with van der Waals surface area (Å²) in [4.78, 5) is 22.7. The van der Waals surface area contributed by atoms with Gasteiger partial charge < -0.3 is 10.1 Å². The van der Waals surface area contributed by atoms with Gasteiger partial charge in [0.2, 0.25) is 0 Å². The van der Waals surface area contributed by atoms with Crippen molar-refractivity contribution < 1.29 is 27.5 Å². The molecule has 1 aromatic rings. The van der Waals surface area contributed by atoms with Gasteiger partial charge in [0.25, 0.3) is 5.91 Å². The number of rotatable bonds is 6. The van der Waals surface area contributed by atoms with Crippen LogP contribution < -0.4 is 5.32 Å². The van der Waals surface area contributed by atoms with E-state index < -0.39 is 17.4 Å². The van der Waals surface area contributed by atoms with Gasteiger partial charge in [-0.25, -0.2) is 0 Å². The van der Waals surface area contributed by atoms with Crippen molar-refractivity contribution in [2.24, 2.45) is 0 Å². The monoisotopic (exact) mass is 321 g/mol. The summed E-state index contributed by atoms with van der Waals surface area (Å²) < 4.78 is 41.1. The van der Waals surface area contributed by atoms with E-state index in [0.29, 0.717) is 0 Å². The summed E-state index contributed by atoms with van der Waals surface area (Å²) in [5.41, 5.74) is -4.13. The highest BCUT2D eigenvalue weighted by Gasteiger charge is 2.29. The van der Waals surface area contributed by atoms with Crippen LogP contribution in [0, 0.1) is 0 Å². The molecule has 21 heavy (non-hydrogen) atoms. The number of amides is 1. The molecule has 8 heteroatoms. The minimum absolute atomic E-state index is 0.00516. The molecule has 0 aliphatic carbocycles. The van der Waals surface area contributed by atoms with Crippen LogP contribution in [0.3, 0.4) is 0 Å². The first-order valence-electron chi connectivity index (χ1n) is 6.11. The van der Waals surface area contributed by atoms with Crippen molar-refractivity contribution in [1.82, 2.24) is 5.32 Å². The van der Waals surface area contributed by atoms with Crippen LogP contribution in [-0.4, -0.2) is 30.5 Å². The number of esters is 1. The second kappa shape index (κ2) is 7.92. The largest absolute Gasteiger partial charge is 0.466 e. The first kappa shape index (κ1) is 17.4. The fraction of sp³-hybridized carbons (Fsp3) is 0.385. The van der Waals surface area contributed by atoms with Crippen molar-refractivity contribution in [2.75, 3.05) is 13.2 Å². The van der Waals surface area contributed by atoms with E-state index in [1.165, 1.54) is 24.3 Å². The third-order valence-corrected chi connectivity index (χ3v) is 3.01. The van der Waals surface area contributed by atoms with Gasteiger partial charge in [0.15, 0.2) is 0 Å². The lowest BCUT2D eigenvalue weighted by atomic mass is 10.2. The van der Waals surface area contributed by atoms with Crippen molar-refractivity contribution in [3.63, 3.8) is 0 Å². The van der Waals surface area contributed by atoms with Crippen molar-refractivity contribution in [3.05, 3.63) is 29.8 Å². The Labute approximate surface area is 124 Å². The van der Waals surface area contributed by atoms with Gasteiger partial charge in [-0.3, -0.25) is 9.59 Å². The van der Waals surface area contributed by atoms with Crippen LogP contribution in [-0.2, 0) is 9.53 Å². The summed E-state index contributed by atoms with van der Waals surface area (Å²) in [6.45, 7) is 2.05. The molecule has 0 saturated heterocycles. The maximum absolute atomic E-state index is 12.1. The van der Waals surface area contributed by atoms with Crippen molar-refractivity contribution >= 4 is 23.6 Å². The molecular weight excluding hydrogens is 307 g/mol. The molecule has 4 nitrogen and oxygen atoms in total. The van der Waals surface area contributed by atoms with Crippen LogP contribution >= 0.6 is 11.8 Å². The lowest BCUT2D eigenvalue weighted by Gasteiger charge is -2.07. The maximum Gasteiger partial charge on any atom is 0.446 e. The van der Waals surface area contributed by atoms with E-state index in [1.807, 2.05) is 0 Å². The van der Waals surface area contributed by atoms with Crippen LogP contribution in [0.25, 0.3) is 0 Å². The van der Waals surface area contributed by atoms with Gasteiger partial charge in [-0.15, -0.1) is 0 Å². The highest BCUT2D eigenvalue weighted by molar-refractivity contribution is 8.00. The van der Waals surface area contributed by atoms with Gasteiger partial charge in [-0.05, 0) is 43.0 Å². The van der Waals surface area contributed by atoms with E-state index in [2.05, 4.69) is 5.32 Å². The van der Waals surface area contributed by atoms with E-state index >= 15 is 0 Å². The lowest BCUT2D eigenvalue weighted by molar-refractivity contribution is -0.142. The summed E-state index contributed by atoms with van der Waals surface area (Å²) >= 11 is -0.244. The Morgan fingerprint density at radius 2 is 1.86 bits per heavy atom. The number of ether oxygens (including phenoxy) is 1. The van der Waals surface area contributed by atoms with Gasteiger partial charge in [0.1, 0.15) is 0 Å². The average Bonchev–Trinajstić information content (AvgIpc) is 2.38. The number of alkyl halides is 3. The zero-order valence-corrected chi connectivity index (χ0v) is 12.0. The first-order chi connectivity index (χ1) is 9.81. The molecule has 1 amide bonds. The summed E-state index contributed by atoms with van der Waals surface area (Å²) in [7, 11) is 0. The number of hydrogen-bond donors (Lipinski definition) is 1. The molecule has 116 valence electrons. The molecule has 0 spiro atoms. The Morgan fingerprint density at radius 3 is 2.38 bits per heavy atom. The van der Waals surface area contributed by atoms with E-state index in [9.17, 15) is 22.8 Å². The quantitative estimate of drug-likeness (QED) is 0.646. The predicted octanol–water partition coefficient (Wildman–Crippen LogP) is 2.98. The van der Waals surface area contributed by atoms with Crippen LogP contribution in [0.4, 0.5) is 13.2 Å². The first-order valence-corrected chi connectivity index (χ1v) is 6.93. The fourth-order valence-electron chi connectivity index (χ4n) is 1.42. The predicted molar refractivity (Wildman–Crippen MR) is 71.9 cm³/mol. The minimum Gasteiger partial charge on any atom is -0.466 e. The zero-order valence-electron chi connectivity index (χ0n) is 11.2. The van der Waals surface area contributed by atoms with Gasteiger partial charge in [0.05, 0.1) is 13.0 Å². The molecule has 0 unspecified atom stereocenters. The van der Waals surface area contributed by atoms with Crippen molar-refractivity contribution in [1.29, 1.82) is 0 Å². The Morgan fingerprint density at radius 1 is 1.24 bits per heavy atom. The van der Waals surface area contributed by atoms with Gasteiger partial charge in [0, 0.05) is 17.0 Å². The SMILES string of the molecule is CCOC(=O)CCNC(=O)c1ccc(SC(F)(F)F)cc1. The molecule has 0 aliphatic rings. The van der Waals surface area contributed by atoms with Crippen LogP contribution in [0.5, 0.6) is 0 Å². The Bertz CT molecular complexity index is 488. The van der Waals surface area contributed by atoms with Crippen molar-refractivity contribution in [3.8, 4) is 0 Å². The number of thioether (sulfide) groups is 1. The van der Waals surface area contributed by atoms with Gasteiger partial charge in [-0.2, -0.15) is 13.2 Å².